The van der Waals surface area contributed by atoms with Gasteiger partial charge in [0.15, 0.2) is 0 Å². The molecule has 12 heteroatoms. The molecule has 2 aromatic carbocycles. The molecule has 0 fully saturated rings. The van der Waals surface area contributed by atoms with Gasteiger partial charge < -0.3 is 13.9 Å². The van der Waals surface area contributed by atoms with Crippen LogP contribution < -0.4 is 14.2 Å². The second kappa shape index (κ2) is 8.47. The maximum absolute atomic E-state index is 13.0. The molecule has 30 heavy (non-hydrogen) atoms. The Kier molecular flexibility index (Phi) is 5.99. The van der Waals surface area contributed by atoms with Crippen LogP contribution in [0.25, 0.3) is 11.5 Å². The zero-order valence-corrected chi connectivity index (χ0v) is 17.1. The van der Waals surface area contributed by atoms with E-state index in [9.17, 15) is 18.5 Å². The SMILES string of the molecule is COc1ccc(CNS(=O)(=O)c2cc([N+](=O)[O-])ccc2-c2nnc(C)o2)c(OC)c1. The van der Waals surface area contributed by atoms with Crippen LogP contribution in [0.3, 0.4) is 0 Å². The monoisotopic (exact) mass is 434 g/mol. The highest BCUT2D eigenvalue weighted by atomic mass is 32.2. The molecule has 0 unspecified atom stereocenters. The summed E-state index contributed by atoms with van der Waals surface area (Å²) in [6.45, 7) is 1.42. The van der Waals surface area contributed by atoms with E-state index in [1.54, 1.807) is 25.1 Å². The van der Waals surface area contributed by atoms with Crippen LogP contribution in [0, 0.1) is 17.0 Å². The molecule has 0 aliphatic carbocycles. The van der Waals surface area contributed by atoms with Crippen molar-refractivity contribution in [2.75, 3.05) is 14.2 Å². The van der Waals surface area contributed by atoms with Crippen LogP contribution in [0.5, 0.6) is 11.5 Å². The van der Waals surface area contributed by atoms with Crippen molar-refractivity contribution in [3.63, 3.8) is 0 Å². The number of nitro benzene ring substituents is 1. The smallest absolute Gasteiger partial charge is 0.270 e. The number of sulfonamides is 1. The molecule has 0 aliphatic rings. The van der Waals surface area contributed by atoms with Gasteiger partial charge in [-0.25, -0.2) is 13.1 Å². The van der Waals surface area contributed by atoms with E-state index in [0.717, 1.165) is 6.07 Å². The van der Waals surface area contributed by atoms with E-state index in [1.807, 2.05) is 0 Å². The Labute approximate surface area is 171 Å². The Bertz CT molecular complexity index is 1190. The first-order chi connectivity index (χ1) is 14.2. The minimum Gasteiger partial charge on any atom is -0.497 e. The van der Waals surface area contributed by atoms with Crippen LogP contribution in [0.15, 0.2) is 45.7 Å². The highest BCUT2D eigenvalue weighted by Gasteiger charge is 2.26. The molecule has 1 N–H and O–H groups in total. The predicted molar refractivity (Wildman–Crippen MR) is 105 cm³/mol. The molecular formula is C18H18N4O7S. The van der Waals surface area contributed by atoms with Crippen molar-refractivity contribution < 1.29 is 27.2 Å². The lowest BCUT2D eigenvalue weighted by atomic mass is 10.2. The van der Waals surface area contributed by atoms with Gasteiger partial charge in [0.05, 0.1) is 24.7 Å². The summed E-state index contributed by atoms with van der Waals surface area (Å²) in [6.07, 6.45) is 0. The van der Waals surface area contributed by atoms with E-state index in [1.165, 1.54) is 26.4 Å². The van der Waals surface area contributed by atoms with Gasteiger partial charge >= 0.3 is 0 Å². The Morgan fingerprint density at radius 3 is 2.50 bits per heavy atom. The zero-order valence-electron chi connectivity index (χ0n) is 16.3. The number of hydrogen-bond donors (Lipinski definition) is 1. The third-order valence-electron chi connectivity index (χ3n) is 4.17. The molecule has 0 spiro atoms. The van der Waals surface area contributed by atoms with Crippen LogP contribution in [-0.4, -0.2) is 37.8 Å². The molecule has 158 valence electrons. The van der Waals surface area contributed by atoms with Gasteiger partial charge in [-0.3, -0.25) is 10.1 Å². The van der Waals surface area contributed by atoms with E-state index < -0.39 is 20.6 Å². The summed E-state index contributed by atoms with van der Waals surface area (Å²) in [5.41, 5.74) is 0.204. The average Bonchev–Trinajstić information content (AvgIpc) is 3.17. The number of hydrogen-bond acceptors (Lipinski definition) is 9. The number of benzene rings is 2. The van der Waals surface area contributed by atoms with Crippen LogP contribution in [0.2, 0.25) is 0 Å². The summed E-state index contributed by atoms with van der Waals surface area (Å²) in [6, 6.07) is 8.29. The van der Waals surface area contributed by atoms with Gasteiger partial charge in [-0.2, -0.15) is 0 Å². The minimum atomic E-state index is -4.19. The topological polar surface area (TPSA) is 147 Å². The van der Waals surface area contributed by atoms with E-state index in [4.69, 9.17) is 13.9 Å². The molecule has 3 aromatic rings. The number of non-ortho nitro benzene ring substituents is 1. The number of nitro groups is 1. The molecule has 1 heterocycles. The van der Waals surface area contributed by atoms with Crippen LogP contribution in [-0.2, 0) is 16.6 Å². The lowest BCUT2D eigenvalue weighted by Gasteiger charge is -2.13. The molecule has 0 saturated heterocycles. The van der Waals surface area contributed by atoms with E-state index >= 15 is 0 Å². The number of nitrogens with zero attached hydrogens (tertiary/aromatic N) is 3. The predicted octanol–water partition coefficient (Wildman–Crippen LogP) is 2.45. The standard InChI is InChI=1S/C18H18N4O7S/c1-11-20-21-18(29-11)15-7-5-13(22(23)24)8-17(15)30(25,26)19-10-12-4-6-14(27-2)9-16(12)28-3/h4-9,19H,10H2,1-3H3. The number of aromatic nitrogens is 2. The first-order valence-corrected chi connectivity index (χ1v) is 10.0. The summed E-state index contributed by atoms with van der Waals surface area (Å²) in [7, 11) is -1.25. The van der Waals surface area contributed by atoms with Crippen LogP contribution >= 0.6 is 0 Å². The van der Waals surface area contributed by atoms with Crippen molar-refractivity contribution in [2.24, 2.45) is 0 Å². The van der Waals surface area contributed by atoms with Crippen molar-refractivity contribution in [1.29, 1.82) is 0 Å². The van der Waals surface area contributed by atoms with Crippen LogP contribution in [0.4, 0.5) is 5.69 Å². The van der Waals surface area contributed by atoms with Gasteiger partial charge in [0.25, 0.3) is 5.69 Å². The van der Waals surface area contributed by atoms with Gasteiger partial charge in [0.2, 0.25) is 21.8 Å². The minimum absolute atomic E-state index is 0.0513. The molecule has 0 amide bonds. The Morgan fingerprint density at radius 1 is 1.13 bits per heavy atom. The molecule has 0 bridgehead atoms. The fourth-order valence-corrected chi connectivity index (χ4v) is 3.90. The normalized spacial score (nSPS) is 11.3. The van der Waals surface area contributed by atoms with Gasteiger partial charge in [-0.05, 0) is 12.1 Å². The third-order valence-corrected chi connectivity index (χ3v) is 5.61. The molecule has 0 atom stereocenters. The summed E-state index contributed by atoms with van der Waals surface area (Å²) in [5.74, 6) is 1.13. The number of aryl methyl sites for hydroxylation is 1. The van der Waals surface area contributed by atoms with Crippen molar-refractivity contribution in [2.45, 2.75) is 18.4 Å². The fourth-order valence-electron chi connectivity index (χ4n) is 2.68. The molecule has 0 saturated carbocycles. The summed E-state index contributed by atoms with van der Waals surface area (Å²) in [4.78, 5) is 10.1. The quantitative estimate of drug-likeness (QED) is 0.417. The first-order valence-electron chi connectivity index (χ1n) is 8.54. The van der Waals surface area contributed by atoms with Crippen molar-refractivity contribution in [3.05, 3.63) is 58.0 Å². The molecular weight excluding hydrogens is 416 g/mol. The van der Waals surface area contributed by atoms with Crippen molar-refractivity contribution >= 4 is 15.7 Å². The van der Waals surface area contributed by atoms with Gasteiger partial charge in [0, 0.05) is 37.2 Å². The van der Waals surface area contributed by atoms with Crippen LogP contribution in [0.1, 0.15) is 11.5 Å². The molecule has 0 aliphatic heterocycles. The van der Waals surface area contributed by atoms with E-state index in [-0.39, 0.29) is 28.8 Å². The average molecular weight is 434 g/mol. The zero-order chi connectivity index (χ0) is 21.9. The second-order valence-corrected chi connectivity index (χ2v) is 7.80. The largest absolute Gasteiger partial charge is 0.497 e. The second-order valence-electron chi connectivity index (χ2n) is 6.07. The Hall–Kier alpha value is -3.51. The van der Waals surface area contributed by atoms with Gasteiger partial charge in [-0.1, -0.05) is 6.07 Å². The van der Waals surface area contributed by atoms with Gasteiger partial charge in [0.1, 0.15) is 16.4 Å². The fraction of sp³-hybridized carbons (Fsp3) is 0.222. The number of methoxy groups -OCH3 is 2. The maximum Gasteiger partial charge on any atom is 0.270 e. The first kappa shape index (κ1) is 21.2. The summed E-state index contributed by atoms with van der Waals surface area (Å²) in [5, 5.41) is 18.7. The number of nitrogens with one attached hydrogen (secondary N) is 1. The molecule has 3 rings (SSSR count). The van der Waals surface area contributed by atoms with Gasteiger partial charge in [-0.15, -0.1) is 10.2 Å². The Balaban J connectivity index is 1.99. The lowest BCUT2D eigenvalue weighted by molar-refractivity contribution is -0.385. The lowest BCUT2D eigenvalue weighted by Crippen LogP contribution is -2.24. The third kappa shape index (κ3) is 4.39. The maximum atomic E-state index is 13.0. The molecule has 1 aromatic heterocycles. The number of rotatable bonds is 8. The summed E-state index contributed by atoms with van der Waals surface area (Å²) >= 11 is 0. The highest BCUT2D eigenvalue weighted by Crippen LogP contribution is 2.31. The molecule has 0 radical (unpaired) electrons. The summed E-state index contributed by atoms with van der Waals surface area (Å²) < 4.78 is 44.2. The number of ether oxygens (including phenoxy) is 2. The van der Waals surface area contributed by atoms with E-state index in [0.29, 0.717) is 17.1 Å². The highest BCUT2D eigenvalue weighted by molar-refractivity contribution is 7.89. The molecule has 11 nitrogen and oxygen atoms in total. The van der Waals surface area contributed by atoms with Crippen molar-refractivity contribution in [3.8, 4) is 23.0 Å². The van der Waals surface area contributed by atoms with E-state index in [2.05, 4.69) is 14.9 Å². The Morgan fingerprint density at radius 2 is 1.90 bits per heavy atom. The van der Waals surface area contributed by atoms with Crippen molar-refractivity contribution in [1.82, 2.24) is 14.9 Å².